The van der Waals surface area contributed by atoms with Crippen molar-refractivity contribution in [3.8, 4) is 0 Å². The van der Waals surface area contributed by atoms with E-state index in [-0.39, 0.29) is 11.1 Å². The third-order valence-corrected chi connectivity index (χ3v) is 2.99. The zero-order valence-corrected chi connectivity index (χ0v) is 7.73. The van der Waals surface area contributed by atoms with Crippen molar-refractivity contribution >= 4 is 0 Å². The van der Waals surface area contributed by atoms with Gasteiger partial charge in [0, 0.05) is 0 Å². The van der Waals surface area contributed by atoms with Gasteiger partial charge in [0.15, 0.2) is 0 Å². The second-order valence-corrected chi connectivity index (χ2v) is 4.16. The van der Waals surface area contributed by atoms with Gasteiger partial charge in [0.05, 0.1) is 6.61 Å². The second-order valence-electron chi connectivity index (χ2n) is 4.16. The van der Waals surface area contributed by atoms with Crippen molar-refractivity contribution in [2.24, 2.45) is 0 Å². The van der Waals surface area contributed by atoms with Gasteiger partial charge in [-0.05, 0) is 27.7 Å². The van der Waals surface area contributed by atoms with Gasteiger partial charge in [-0.1, -0.05) is 0 Å². The molecule has 1 rings (SSSR count). The predicted molar refractivity (Wildman–Crippen MR) is 43.3 cm³/mol. The molecule has 0 radical (unpaired) electrons. The molecule has 0 amide bonds. The van der Waals surface area contributed by atoms with Crippen LogP contribution in [-0.4, -0.2) is 24.3 Å². The van der Waals surface area contributed by atoms with E-state index >= 15 is 0 Å². The molecule has 0 aromatic rings. The average molecular weight is 159 g/mol. The molecular formula is C8H17NO2. The van der Waals surface area contributed by atoms with Crippen molar-refractivity contribution in [2.45, 2.75) is 38.8 Å². The molecular weight excluding hydrogens is 142 g/mol. The standard InChI is InChI=1S/C8H17NO2/c1-7(2)8(3,4)11-6-5-9(7)10/h9H,5-6H2,1-4H3. The summed E-state index contributed by atoms with van der Waals surface area (Å²) in [6.07, 6.45) is 0. The fourth-order valence-electron chi connectivity index (χ4n) is 1.23. The molecule has 0 bridgehead atoms. The quantitative estimate of drug-likeness (QED) is 0.503. The van der Waals surface area contributed by atoms with Crippen molar-refractivity contribution in [1.82, 2.24) is 0 Å². The van der Waals surface area contributed by atoms with Crippen LogP contribution in [0.15, 0.2) is 0 Å². The Hall–Kier alpha value is -0.120. The minimum atomic E-state index is -0.328. The molecule has 1 fully saturated rings. The Bertz CT molecular complexity index is 154. The van der Waals surface area contributed by atoms with Crippen LogP contribution in [0.2, 0.25) is 0 Å². The van der Waals surface area contributed by atoms with Crippen molar-refractivity contribution < 1.29 is 9.80 Å². The molecule has 1 N–H and O–H groups in total. The Kier molecular flexibility index (Phi) is 1.99. The molecule has 0 aliphatic carbocycles. The maximum absolute atomic E-state index is 11.5. The number of hydrogen-bond acceptors (Lipinski definition) is 2. The fraction of sp³-hybridized carbons (Fsp3) is 1.00. The first-order chi connectivity index (χ1) is 4.88. The second kappa shape index (κ2) is 2.44. The van der Waals surface area contributed by atoms with Gasteiger partial charge >= 0.3 is 0 Å². The van der Waals surface area contributed by atoms with Crippen LogP contribution in [-0.2, 0) is 4.74 Å². The fourth-order valence-corrected chi connectivity index (χ4v) is 1.23. The van der Waals surface area contributed by atoms with Crippen LogP contribution in [0, 0.1) is 5.21 Å². The van der Waals surface area contributed by atoms with Crippen LogP contribution in [0.25, 0.3) is 0 Å². The highest BCUT2D eigenvalue weighted by atomic mass is 16.6. The molecule has 1 aliphatic heterocycles. The van der Waals surface area contributed by atoms with E-state index in [0.29, 0.717) is 18.2 Å². The van der Waals surface area contributed by atoms with Gasteiger partial charge in [0.2, 0.25) is 0 Å². The third-order valence-electron chi connectivity index (χ3n) is 2.99. The van der Waals surface area contributed by atoms with E-state index in [0.717, 1.165) is 0 Å². The largest absolute Gasteiger partial charge is 0.634 e. The summed E-state index contributed by atoms with van der Waals surface area (Å²) in [4.78, 5) is 0. The van der Waals surface area contributed by atoms with Gasteiger partial charge in [0.25, 0.3) is 0 Å². The summed E-state index contributed by atoms with van der Waals surface area (Å²) in [6, 6.07) is 0. The molecule has 66 valence electrons. The summed E-state index contributed by atoms with van der Waals surface area (Å²) in [5.41, 5.74) is -0.631. The summed E-state index contributed by atoms with van der Waals surface area (Å²) in [7, 11) is 0. The maximum atomic E-state index is 11.5. The van der Waals surface area contributed by atoms with Gasteiger partial charge in [-0.2, -0.15) is 0 Å². The van der Waals surface area contributed by atoms with Crippen LogP contribution >= 0.6 is 0 Å². The van der Waals surface area contributed by atoms with E-state index in [4.69, 9.17) is 4.74 Å². The Morgan fingerprint density at radius 2 is 1.82 bits per heavy atom. The summed E-state index contributed by atoms with van der Waals surface area (Å²) in [5, 5.41) is 11.8. The van der Waals surface area contributed by atoms with Crippen LogP contribution in [0.3, 0.4) is 0 Å². The lowest BCUT2D eigenvalue weighted by atomic mass is 9.84. The van der Waals surface area contributed by atoms with E-state index in [9.17, 15) is 5.21 Å². The molecule has 1 saturated heterocycles. The maximum Gasteiger partial charge on any atom is 0.120 e. The molecule has 0 aromatic carbocycles. The predicted octanol–water partition coefficient (Wildman–Crippen LogP) is -0.0435. The number of rotatable bonds is 0. The molecule has 0 saturated carbocycles. The number of quaternary nitrogens is 1. The first kappa shape index (κ1) is 8.97. The molecule has 11 heavy (non-hydrogen) atoms. The normalized spacial score (nSPS) is 35.2. The number of nitrogens with one attached hydrogen (secondary N) is 1. The van der Waals surface area contributed by atoms with Gasteiger partial charge in [0.1, 0.15) is 17.7 Å². The Balaban J connectivity index is 2.82. The lowest BCUT2D eigenvalue weighted by Crippen LogP contribution is -3.19. The molecule has 0 spiro atoms. The number of hydrogen-bond donors (Lipinski definition) is 1. The molecule has 1 atom stereocenters. The van der Waals surface area contributed by atoms with Crippen molar-refractivity contribution in [2.75, 3.05) is 13.2 Å². The minimum Gasteiger partial charge on any atom is -0.634 e. The lowest BCUT2D eigenvalue weighted by Gasteiger charge is -2.51. The highest BCUT2D eigenvalue weighted by Gasteiger charge is 2.46. The van der Waals surface area contributed by atoms with Crippen LogP contribution in [0.5, 0.6) is 0 Å². The van der Waals surface area contributed by atoms with Gasteiger partial charge in [-0.3, -0.25) is 0 Å². The Morgan fingerprint density at radius 3 is 2.18 bits per heavy atom. The minimum absolute atomic E-state index is 0.303. The van der Waals surface area contributed by atoms with E-state index < -0.39 is 0 Å². The molecule has 0 aromatic heterocycles. The monoisotopic (exact) mass is 159 g/mol. The Morgan fingerprint density at radius 1 is 1.27 bits per heavy atom. The lowest BCUT2D eigenvalue weighted by molar-refractivity contribution is -0.920. The smallest absolute Gasteiger partial charge is 0.120 e. The zero-order valence-electron chi connectivity index (χ0n) is 7.73. The van der Waals surface area contributed by atoms with Gasteiger partial charge < -0.3 is 15.0 Å². The SMILES string of the molecule is CC1(C)OCC[NH+]([O-])C1(C)C. The first-order valence-corrected chi connectivity index (χ1v) is 4.05. The van der Waals surface area contributed by atoms with Gasteiger partial charge in [-0.15, -0.1) is 0 Å². The summed E-state index contributed by atoms with van der Waals surface area (Å²) >= 11 is 0. The van der Waals surface area contributed by atoms with E-state index in [1.807, 2.05) is 27.7 Å². The summed E-state index contributed by atoms with van der Waals surface area (Å²) < 4.78 is 5.53. The Labute approximate surface area is 67.9 Å². The van der Waals surface area contributed by atoms with Crippen LogP contribution in [0.4, 0.5) is 0 Å². The van der Waals surface area contributed by atoms with E-state index in [1.165, 1.54) is 0 Å². The van der Waals surface area contributed by atoms with E-state index in [2.05, 4.69) is 0 Å². The molecule has 1 aliphatic rings. The van der Waals surface area contributed by atoms with E-state index in [1.54, 1.807) is 0 Å². The topological polar surface area (TPSA) is 36.7 Å². The highest BCUT2D eigenvalue weighted by molar-refractivity contribution is 4.89. The van der Waals surface area contributed by atoms with Crippen molar-refractivity contribution in [1.29, 1.82) is 0 Å². The van der Waals surface area contributed by atoms with Crippen LogP contribution < -0.4 is 5.06 Å². The highest BCUT2D eigenvalue weighted by Crippen LogP contribution is 2.24. The number of hydroxylamine groups is 2. The molecule has 3 heteroatoms. The van der Waals surface area contributed by atoms with Crippen molar-refractivity contribution in [3.05, 3.63) is 5.21 Å². The number of ether oxygens (including phenoxy) is 1. The van der Waals surface area contributed by atoms with Gasteiger partial charge in [-0.25, -0.2) is 0 Å². The summed E-state index contributed by atoms with van der Waals surface area (Å²) in [5.74, 6) is 0. The molecule has 3 nitrogen and oxygen atoms in total. The summed E-state index contributed by atoms with van der Waals surface area (Å²) in [6.45, 7) is 9.00. The molecule has 1 unspecified atom stereocenters. The van der Waals surface area contributed by atoms with Crippen molar-refractivity contribution in [3.63, 3.8) is 0 Å². The third kappa shape index (κ3) is 1.28. The zero-order chi connectivity index (χ0) is 8.70. The molecule has 1 heterocycles. The van der Waals surface area contributed by atoms with Crippen LogP contribution in [0.1, 0.15) is 27.7 Å². The number of morpholine rings is 1. The first-order valence-electron chi connectivity index (χ1n) is 4.05. The average Bonchev–Trinajstić information content (AvgIpc) is 1.84.